The SMILES string of the molecule is CCNC(c1ccco1)C(C)(C)OC. The number of nitrogens with one attached hydrogen (secondary N) is 1. The lowest BCUT2D eigenvalue weighted by atomic mass is 9.96. The molecule has 1 atom stereocenters. The van der Waals surface area contributed by atoms with Crippen LogP contribution in [0.3, 0.4) is 0 Å². The lowest BCUT2D eigenvalue weighted by Crippen LogP contribution is -2.40. The van der Waals surface area contributed by atoms with Crippen LogP contribution in [0.4, 0.5) is 0 Å². The highest BCUT2D eigenvalue weighted by molar-refractivity contribution is 5.09. The number of hydrogen-bond acceptors (Lipinski definition) is 3. The molecule has 0 bridgehead atoms. The Kier molecular flexibility index (Phi) is 3.72. The Hall–Kier alpha value is -0.800. The molecule has 14 heavy (non-hydrogen) atoms. The van der Waals surface area contributed by atoms with E-state index in [0.717, 1.165) is 12.3 Å². The molecule has 1 aromatic rings. The predicted molar refractivity (Wildman–Crippen MR) is 56.2 cm³/mol. The third kappa shape index (κ3) is 2.36. The van der Waals surface area contributed by atoms with Gasteiger partial charge in [-0.15, -0.1) is 0 Å². The van der Waals surface area contributed by atoms with Crippen molar-refractivity contribution >= 4 is 0 Å². The standard InChI is InChI=1S/C11H19NO2/c1-5-12-10(11(2,3)13-4)9-7-6-8-14-9/h6-8,10,12H,5H2,1-4H3. The van der Waals surface area contributed by atoms with Gasteiger partial charge in [-0.25, -0.2) is 0 Å². The molecule has 0 saturated heterocycles. The van der Waals surface area contributed by atoms with E-state index in [9.17, 15) is 0 Å². The van der Waals surface area contributed by atoms with Crippen LogP contribution in [0.15, 0.2) is 22.8 Å². The highest BCUT2D eigenvalue weighted by atomic mass is 16.5. The average molecular weight is 197 g/mol. The van der Waals surface area contributed by atoms with Crippen LogP contribution in [-0.4, -0.2) is 19.3 Å². The van der Waals surface area contributed by atoms with Crippen LogP contribution >= 0.6 is 0 Å². The molecular weight excluding hydrogens is 178 g/mol. The van der Waals surface area contributed by atoms with E-state index >= 15 is 0 Å². The summed E-state index contributed by atoms with van der Waals surface area (Å²) in [5, 5.41) is 3.36. The van der Waals surface area contributed by atoms with Crippen molar-refractivity contribution in [2.24, 2.45) is 0 Å². The summed E-state index contributed by atoms with van der Waals surface area (Å²) < 4.78 is 10.8. The van der Waals surface area contributed by atoms with Crippen molar-refractivity contribution in [3.63, 3.8) is 0 Å². The van der Waals surface area contributed by atoms with Crippen LogP contribution in [0.2, 0.25) is 0 Å². The molecule has 0 aliphatic carbocycles. The first-order valence-electron chi connectivity index (χ1n) is 4.93. The van der Waals surface area contributed by atoms with E-state index in [2.05, 4.69) is 12.2 Å². The van der Waals surface area contributed by atoms with E-state index in [-0.39, 0.29) is 11.6 Å². The molecule has 0 aliphatic heterocycles. The Morgan fingerprint density at radius 1 is 1.57 bits per heavy atom. The minimum Gasteiger partial charge on any atom is -0.468 e. The molecule has 1 heterocycles. The van der Waals surface area contributed by atoms with Gasteiger partial charge < -0.3 is 14.5 Å². The Labute approximate surface area is 85.4 Å². The summed E-state index contributed by atoms with van der Waals surface area (Å²) in [4.78, 5) is 0. The second-order valence-electron chi connectivity index (χ2n) is 3.81. The predicted octanol–water partition coefficient (Wildman–Crippen LogP) is 2.36. The van der Waals surface area contributed by atoms with E-state index in [1.807, 2.05) is 26.0 Å². The summed E-state index contributed by atoms with van der Waals surface area (Å²) in [6, 6.07) is 3.95. The first kappa shape index (κ1) is 11.3. The van der Waals surface area contributed by atoms with E-state index < -0.39 is 0 Å². The third-order valence-electron chi connectivity index (χ3n) is 2.46. The molecule has 1 unspecified atom stereocenters. The second-order valence-corrected chi connectivity index (χ2v) is 3.81. The summed E-state index contributed by atoms with van der Waals surface area (Å²) in [5.74, 6) is 0.915. The Balaban J connectivity index is 2.84. The van der Waals surface area contributed by atoms with E-state index in [1.165, 1.54) is 0 Å². The van der Waals surface area contributed by atoms with E-state index in [4.69, 9.17) is 9.15 Å². The number of methoxy groups -OCH3 is 1. The maximum absolute atomic E-state index is 5.45. The molecule has 3 nitrogen and oxygen atoms in total. The maximum Gasteiger partial charge on any atom is 0.123 e. The molecule has 1 aromatic heterocycles. The quantitative estimate of drug-likeness (QED) is 0.786. The van der Waals surface area contributed by atoms with Gasteiger partial charge in [-0.2, -0.15) is 0 Å². The average Bonchev–Trinajstić information content (AvgIpc) is 2.66. The van der Waals surface area contributed by atoms with Gasteiger partial charge >= 0.3 is 0 Å². The van der Waals surface area contributed by atoms with E-state index in [0.29, 0.717) is 0 Å². The number of hydrogen-bond donors (Lipinski definition) is 1. The van der Waals surface area contributed by atoms with Crippen molar-refractivity contribution in [1.29, 1.82) is 0 Å². The summed E-state index contributed by atoms with van der Waals surface area (Å²) in [7, 11) is 1.72. The van der Waals surface area contributed by atoms with Gasteiger partial charge in [0.2, 0.25) is 0 Å². The topological polar surface area (TPSA) is 34.4 Å². The molecule has 0 fully saturated rings. The fourth-order valence-corrected chi connectivity index (χ4v) is 1.47. The fraction of sp³-hybridized carbons (Fsp3) is 0.636. The zero-order valence-corrected chi connectivity index (χ0v) is 9.33. The van der Waals surface area contributed by atoms with E-state index in [1.54, 1.807) is 13.4 Å². The molecule has 0 spiro atoms. The van der Waals surface area contributed by atoms with Crippen LogP contribution in [0, 0.1) is 0 Å². The third-order valence-corrected chi connectivity index (χ3v) is 2.46. The van der Waals surface area contributed by atoms with Gasteiger partial charge in [0.1, 0.15) is 5.76 Å². The molecule has 1 rings (SSSR count). The van der Waals surface area contributed by atoms with Crippen LogP contribution in [0.25, 0.3) is 0 Å². The fourth-order valence-electron chi connectivity index (χ4n) is 1.47. The number of rotatable bonds is 5. The van der Waals surface area contributed by atoms with Gasteiger partial charge in [0.25, 0.3) is 0 Å². The van der Waals surface area contributed by atoms with Crippen molar-refractivity contribution in [3.8, 4) is 0 Å². The van der Waals surface area contributed by atoms with Crippen LogP contribution in [0.1, 0.15) is 32.6 Å². The van der Waals surface area contributed by atoms with Crippen LogP contribution in [0.5, 0.6) is 0 Å². The zero-order chi connectivity index (χ0) is 10.6. The number of likely N-dealkylation sites (N-methyl/N-ethyl adjacent to an activating group) is 1. The zero-order valence-electron chi connectivity index (χ0n) is 9.33. The lowest BCUT2D eigenvalue weighted by molar-refractivity contribution is -0.0164. The van der Waals surface area contributed by atoms with Crippen molar-refractivity contribution in [3.05, 3.63) is 24.2 Å². The van der Waals surface area contributed by atoms with Gasteiger partial charge in [0.05, 0.1) is 17.9 Å². The minimum atomic E-state index is -0.270. The Morgan fingerprint density at radius 2 is 2.29 bits per heavy atom. The summed E-state index contributed by atoms with van der Waals surface area (Å²) in [6.45, 7) is 7.05. The van der Waals surface area contributed by atoms with Crippen LogP contribution < -0.4 is 5.32 Å². The largest absolute Gasteiger partial charge is 0.468 e. The van der Waals surface area contributed by atoms with Gasteiger partial charge in [-0.3, -0.25) is 0 Å². The van der Waals surface area contributed by atoms with Crippen LogP contribution in [-0.2, 0) is 4.74 Å². The number of furan rings is 1. The first-order chi connectivity index (χ1) is 6.61. The molecule has 0 saturated carbocycles. The highest BCUT2D eigenvalue weighted by Crippen LogP contribution is 2.28. The maximum atomic E-state index is 5.45. The molecule has 3 heteroatoms. The molecule has 1 N–H and O–H groups in total. The van der Waals surface area contributed by atoms with Crippen molar-refractivity contribution in [2.75, 3.05) is 13.7 Å². The summed E-state index contributed by atoms with van der Waals surface area (Å²) in [5.41, 5.74) is -0.270. The number of ether oxygens (including phenoxy) is 1. The summed E-state index contributed by atoms with van der Waals surface area (Å²) >= 11 is 0. The highest BCUT2D eigenvalue weighted by Gasteiger charge is 2.31. The molecule has 0 aliphatic rings. The normalized spacial score (nSPS) is 14.3. The van der Waals surface area contributed by atoms with Crippen molar-refractivity contribution < 1.29 is 9.15 Å². The molecule has 0 aromatic carbocycles. The Bertz CT molecular complexity index is 254. The molecular formula is C11H19NO2. The molecule has 0 radical (unpaired) electrons. The minimum absolute atomic E-state index is 0.0903. The van der Waals surface area contributed by atoms with Gasteiger partial charge in [0.15, 0.2) is 0 Å². The van der Waals surface area contributed by atoms with Gasteiger partial charge in [-0.05, 0) is 32.5 Å². The monoisotopic (exact) mass is 197 g/mol. The molecule has 0 amide bonds. The van der Waals surface area contributed by atoms with Crippen molar-refractivity contribution in [1.82, 2.24) is 5.32 Å². The summed E-state index contributed by atoms with van der Waals surface area (Å²) in [6.07, 6.45) is 1.69. The molecule has 80 valence electrons. The van der Waals surface area contributed by atoms with Crippen molar-refractivity contribution in [2.45, 2.75) is 32.4 Å². The Morgan fingerprint density at radius 3 is 2.71 bits per heavy atom. The first-order valence-corrected chi connectivity index (χ1v) is 4.93. The second kappa shape index (κ2) is 4.62. The lowest BCUT2D eigenvalue weighted by Gasteiger charge is -2.32. The smallest absolute Gasteiger partial charge is 0.123 e. The van der Waals surface area contributed by atoms with Gasteiger partial charge in [0, 0.05) is 7.11 Å². The van der Waals surface area contributed by atoms with Gasteiger partial charge in [-0.1, -0.05) is 6.92 Å².